The number of fused-ring (bicyclic) bond motifs is 2. The normalized spacial score (nSPS) is 17.3. The minimum Gasteiger partial charge on any atom is -0.311 e. The van der Waals surface area contributed by atoms with Gasteiger partial charge in [-0.2, -0.15) is 5.10 Å². The van der Waals surface area contributed by atoms with E-state index in [9.17, 15) is 4.79 Å². The number of hydrogen-bond acceptors (Lipinski definition) is 5. The molecule has 7 nitrogen and oxygen atoms in total. The molecule has 1 N–H and O–H groups in total. The molecule has 1 aromatic carbocycles. The predicted octanol–water partition coefficient (Wildman–Crippen LogP) is 3.25. The molecule has 1 aliphatic rings. The highest BCUT2D eigenvalue weighted by atomic mass is 16.6. The summed E-state index contributed by atoms with van der Waals surface area (Å²) in [5.41, 5.74) is 3.39. The Hall–Kier alpha value is -2.70. The van der Waals surface area contributed by atoms with Gasteiger partial charge in [0, 0.05) is 17.9 Å². The highest BCUT2D eigenvalue weighted by Crippen LogP contribution is 2.40. The number of benzene rings is 1. The number of aromatic nitrogens is 4. The first-order chi connectivity index (χ1) is 11.7. The van der Waals surface area contributed by atoms with Crippen molar-refractivity contribution in [2.45, 2.75) is 45.1 Å². The predicted molar refractivity (Wildman–Crippen MR) is 88.7 cm³/mol. The zero-order valence-corrected chi connectivity index (χ0v) is 13.7. The van der Waals surface area contributed by atoms with Crippen molar-refractivity contribution in [2.75, 3.05) is 5.32 Å². The maximum atomic E-state index is 12.3. The molecule has 1 atom stereocenters. The maximum absolute atomic E-state index is 12.3. The lowest BCUT2D eigenvalue weighted by atomic mass is 9.86. The van der Waals surface area contributed by atoms with Crippen LogP contribution in [-0.2, 0) is 4.79 Å². The van der Waals surface area contributed by atoms with E-state index in [1.807, 2.05) is 29.1 Å². The van der Waals surface area contributed by atoms with Crippen LogP contribution in [-0.4, -0.2) is 26.0 Å². The van der Waals surface area contributed by atoms with Crippen molar-refractivity contribution in [1.82, 2.24) is 20.1 Å². The lowest BCUT2D eigenvalue weighted by molar-refractivity contribution is -0.116. The van der Waals surface area contributed by atoms with Crippen LogP contribution in [0.15, 0.2) is 29.0 Å². The molecule has 0 fully saturated rings. The molecule has 4 rings (SSSR count). The third kappa shape index (κ3) is 2.19. The fraction of sp³-hybridized carbons (Fsp3) is 0.412. The van der Waals surface area contributed by atoms with Crippen molar-refractivity contribution >= 4 is 22.8 Å². The third-order valence-corrected chi connectivity index (χ3v) is 4.83. The zero-order valence-electron chi connectivity index (χ0n) is 13.7. The third-order valence-electron chi connectivity index (χ3n) is 4.83. The second kappa shape index (κ2) is 5.74. The Morgan fingerprint density at radius 1 is 1.29 bits per heavy atom. The van der Waals surface area contributed by atoms with Gasteiger partial charge < -0.3 is 5.32 Å². The molecule has 24 heavy (non-hydrogen) atoms. The average molecular weight is 325 g/mol. The largest absolute Gasteiger partial charge is 0.311 e. The summed E-state index contributed by atoms with van der Waals surface area (Å²) < 4.78 is 6.81. The molecule has 0 saturated heterocycles. The van der Waals surface area contributed by atoms with Gasteiger partial charge in [-0.1, -0.05) is 26.0 Å². The van der Waals surface area contributed by atoms with E-state index in [-0.39, 0.29) is 17.9 Å². The standard InChI is InChI=1S/C17H19N5O2/c1-3-10(4-2)22-17-13(9-18-22)12(8-15(23)19-17)11-6-5-7-14-16(11)21-24-20-14/h5-7,9-10,12H,3-4,8H2,1-2H3,(H,19,23). The van der Waals surface area contributed by atoms with E-state index in [1.54, 1.807) is 0 Å². The quantitative estimate of drug-likeness (QED) is 0.795. The van der Waals surface area contributed by atoms with Crippen LogP contribution in [0.4, 0.5) is 5.82 Å². The van der Waals surface area contributed by atoms with Gasteiger partial charge in [0.25, 0.3) is 0 Å². The fourth-order valence-corrected chi connectivity index (χ4v) is 3.54. The van der Waals surface area contributed by atoms with E-state index >= 15 is 0 Å². The number of hydrogen-bond donors (Lipinski definition) is 1. The zero-order chi connectivity index (χ0) is 16.7. The SMILES string of the molecule is CCC(CC)n1ncc2c1NC(=O)CC2c1cccc2nonc12. The summed E-state index contributed by atoms with van der Waals surface area (Å²) in [6, 6.07) is 6.03. The van der Waals surface area contributed by atoms with Crippen molar-refractivity contribution in [1.29, 1.82) is 0 Å². The molecule has 0 bridgehead atoms. The van der Waals surface area contributed by atoms with Crippen LogP contribution in [0.5, 0.6) is 0 Å². The molecular weight excluding hydrogens is 306 g/mol. The smallest absolute Gasteiger partial charge is 0.226 e. The van der Waals surface area contributed by atoms with Gasteiger partial charge in [-0.15, -0.1) is 0 Å². The van der Waals surface area contributed by atoms with E-state index in [0.29, 0.717) is 17.5 Å². The molecule has 1 aliphatic heterocycles. The summed E-state index contributed by atoms with van der Waals surface area (Å²) in [7, 11) is 0. The molecule has 2 aromatic heterocycles. The van der Waals surface area contributed by atoms with Crippen LogP contribution >= 0.6 is 0 Å². The molecular formula is C17H19N5O2. The van der Waals surface area contributed by atoms with Gasteiger partial charge in [0.1, 0.15) is 16.9 Å². The number of amides is 1. The van der Waals surface area contributed by atoms with E-state index in [0.717, 1.165) is 29.8 Å². The van der Waals surface area contributed by atoms with Gasteiger partial charge in [-0.3, -0.25) is 4.79 Å². The molecule has 0 aliphatic carbocycles. The molecule has 1 unspecified atom stereocenters. The Balaban J connectivity index is 1.85. The van der Waals surface area contributed by atoms with Crippen LogP contribution in [0, 0.1) is 0 Å². The summed E-state index contributed by atoms with van der Waals surface area (Å²) in [4.78, 5) is 12.3. The first-order valence-electron chi connectivity index (χ1n) is 8.31. The van der Waals surface area contributed by atoms with Gasteiger partial charge in [-0.05, 0) is 34.8 Å². The highest BCUT2D eigenvalue weighted by molar-refractivity contribution is 5.95. The van der Waals surface area contributed by atoms with Crippen molar-refractivity contribution in [3.8, 4) is 0 Å². The summed E-state index contributed by atoms with van der Waals surface area (Å²) in [6.07, 6.45) is 4.17. The molecule has 7 heteroatoms. The summed E-state index contributed by atoms with van der Waals surface area (Å²) in [5.74, 6) is 0.708. The van der Waals surface area contributed by atoms with Crippen LogP contribution in [0.1, 0.15) is 56.2 Å². The van der Waals surface area contributed by atoms with E-state index in [2.05, 4.69) is 34.6 Å². The van der Waals surface area contributed by atoms with Gasteiger partial charge in [0.05, 0.1) is 12.2 Å². The molecule has 0 saturated carbocycles. The van der Waals surface area contributed by atoms with Crippen molar-refractivity contribution < 1.29 is 9.42 Å². The summed E-state index contributed by atoms with van der Waals surface area (Å²) in [6.45, 7) is 4.26. The lowest BCUT2D eigenvalue weighted by Crippen LogP contribution is -2.26. The van der Waals surface area contributed by atoms with Gasteiger partial charge in [0.2, 0.25) is 5.91 Å². The van der Waals surface area contributed by atoms with E-state index < -0.39 is 0 Å². The number of anilines is 1. The maximum Gasteiger partial charge on any atom is 0.226 e. The van der Waals surface area contributed by atoms with Gasteiger partial charge >= 0.3 is 0 Å². The molecule has 0 spiro atoms. The topological polar surface area (TPSA) is 85.8 Å². The Bertz CT molecular complexity index is 893. The number of rotatable bonds is 4. The van der Waals surface area contributed by atoms with Crippen molar-refractivity contribution in [3.05, 3.63) is 35.5 Å². The Morgan fingerprint density at radius 3 is 2.92 bits per heavy atom. The molecule has 3 heterocycles. The molecule has 3 aromatic rings. The molecule has 1 amide bonds. The van der Waals surface area contributed by atoms with Crippen molar-refractivity contribution in [3.63, 3.8) is 0 Å². The minimum absolute atomic E-state index is 0.00587. The first kappa shape index (κ1) is 14.9. The van der Waals surface area contributed by atoms with Crippen LogP contribution in [0.3, 0.4) is 0 Å². The summed E-state index contributed by atoms with van der Waals surface area (Å²) >= 11 is 0. The van der Waals surface area contributed by atoms with Crippen LogP contribution < -0.4 is 5.32 Å². The first-order valence-corrected chi connectivity index (χ1v) is 8.31. The van der Waals surface area contributed by atoms with Crippen LogP contribution in [0.25, 0.3) is 11.0 Å². The Kier molecular flexibility index (Phi) is 3.55. The van der Waals surface area contributed by atoms with E-state index in [1.165, 1.54) is 0 Å². The number of carbonyl (C=O) groups is 1. The monoisotopic (exact) mass is 325 g/mol. The highest BCUT2D eigenvalue weighted by Gasteiger charge is 2.32. The van der Waals surface area contributed by atoms with Gasteiger partial charge in [0.15, 0.2) is 0 Å². The number of carbonyl (C=O) groups excluding carboxylic acids is 1. The Labute approximate surface area is 139 Å². The lowest BCUT2D eigenvalue weighted by Gasteiger charge is -2.25. The van der Waals surface area contributed by atoms with Gasteiger partial charge in [-0.25, -0.2) is 9.31 Å². The van der Waals surface area contributed by atoms with Crippen LogP contribution in [0.2, 0.25) is 0 Å². The second-order valence-electron chi connectivity index (χ2n) is 6.15. The second-order valence-corrected chi connectivity index (χ2v) is 6.15. The number of nitrogens with zero attached hydrogens (tertiary/aromatic N) is 4. The fourth-order valence-electron chi connectivity index (χ4n) is 3.54. The molecule has 0 radical (unpaired) electrons. The molecule has 124 valence electrons. The Morgan fingerprint density at radius 2 is 2.12 bits per heavy atom. The average Bonchev–Trinajstić information content (AvgIpc) is 3.22. The minimum atomic E-state index is -0.0903. The summed E-state index contributed by atoms with van der Waals surface area (Å²) in [5, 5.41) is 15.5. The van der Waals surface area contributed by atoms with E-state index in [4.69, 9.17) is 4.63 Å². The number of nitrogens with one attached hydrogen (secondary N) is 1. The van der Waals surface area contributed by atoms with Crippen molar-refractivity contribution in [2.24, 2.45) is 0 Å².